The van der Waals surface area contributed by atoms with Crippen molar-refractivity contribution in [3.05, 3.63) is 40.9 Å². The molecule has 0 radical (unpaired) electrons. The van der Waals surface area contributed by atoms with Gasteiger partial charge in [0.1, 0.15) is 23.8 Å². The molecular weight excluding hydrogens is 276 g/mol. The summed E-state index contributed by atoms with van der Waals surface area (Å²) in [7, 11) is 0. The molecule has 1 aliphatic heterocycles. The molecule has 1 unspecified atom stereocenters. The van der Waals surface area contributed by atoms with E-state index in [4.69, 9.17) is 16.3 Å². The van der Waals surface area contributed by atoms with E-state index >= 15 is 0 Å². The number of hydrogen-bond donors (Lipinski definition) is 1. The van der Waals surface area contributed by atoms with Gasteiger partial charge in [-0.1, -0.05) is 13.0 Å². The monoisotopic (exact) mass is 292 g/mol. The first-order chi connectivity index (χ1) is 9.63. The van der Waals surface area contributed by atoms with Crippen molar-refractivity contribution < 1.29 is 9.84 Å². The highest BCUT2D eigenvalue weighted by atomic mass is 35.5. The maximum Gasteiger partial charge on any atom is 0.203 e. The molecule has 0 aliphatic carbocycles. The lowest BCUT2D eigenvalue weighted by atomic mass is 9.97. The number of halogens is 1. The number of benzene rings is 1. The van der Waals surface area contributed by atoms with E-state index in [2.05, 4.69) is 16.5 Å². The second-order valence-electron chi connectivity index (χ2n) is 5.31. The number of ether oxygens (including phenoxy) is 1. The van der Waals surface area contributed by atoms with Gasteiger partial charge in [0.2, 0.25) is 5.28 Å². The minimum atomic E-state index is 0.195. The average molecular weight is 293 g/mol. The van der Waals surface area contributed by atoms with Gasteiger partial charge in [0, 0.05) is 18.3 Å². The standard InChI is InChI=1S/C15H17ClN2O2/c1-10-5-6-18-14(7-10)13(17-15(18)16)9-20-12-4-2-3-11(19)8-12/h2-4,8,10,19H,5-7,9H2,1H3. The number of nitrogens with zero attached hydrogens (tertiary/aromatic N) is 2. The normalized spacial score (nSPS) is 17.8. The molecule has 2 heterocycles. The van der Waals surface area contributed by atoms with E-state index in [0.29, 0.717) is 23.6 Å². The molecule has 1 aromatic carbocycles. The van der Waals surface area contributed by atoms with Crippen molar-refractivity contribution in [2.75, 3.05) is 0 Å². The summed E-state index contributed by atoms with van der Waals surface area (Å²) in [5, 5.41) is 9.96. The van der Waals surface area contributed by atoms with Crippen LogP contribution in [0.15, 0.2) is 24.3 Å². The van der Waals surface area contributed by atoms with Gasteiger partial charge in [-0.05, 0) is 42.5 Å². The minimum Gasteiger partial charge on any atom is -0.508 e. The highest BCUT2D eigenvalue weighted by Crippen LogP contribution is 2.28. The van der Waals surface area contributed by atoms with Gasteiger partial charge < -0.3 is 14.4 Å². The van der Waals surface area contributed by atoms with Gasteiger partial charge in [0.25, 0.3) is 0 Å². The Morgan fingerprint density at radius 3 is 3.15 bits per heavy atom. The van der Waals surface area contributed by atoms with E-state index < -0.39 is 0 Å². The van der Waals surface area contributed by atoms with E-state index in [9.17, 15) is 5.11 Å². The van der Waals surface area contributed by atoms with Gasteiger partial charge in [-0.2, -0.15) is 0 Å². The van der Waals surface area contributed by atoms with Crippen LogP contribution in [0.1, 0.15) is 24.7 Å². The van der Waals surface area contributed by atoms with E-state index in [1.54, 1.807) is 18.2 Å². The Bertz CT molecular complexity index is 624. The number of rotatable bonds is 3. The molecule has 0 saturated carbocycles. The summed E-state index contributed by atoms with van der Waals surface area (Å²) in [6, 6.07) is 6.77. The fourth-order valence-corrected chi connectivity index (χ4v) is 2.87. The van der Waals surface area contributed by atoms with Crippen molar-refractivity contribution in [3.8, 4) is 11.5 Å². The van der Waals surface area contributed by atoms with Crippen LogP contribution in [0.5, 0.6) is 11.5 Å². The third-order valence-electron chi connectivity index (χ3n) is 3.69. The van der Waals surface area contributed by atoms with Gasteiger partial charge in [-0.15, -0.1) is 0 Å². The van der Waals surface area contributed by atoms with Gasteiger partial charge in [-0.25, -0.2) is 4.98 Å². The number of hydrogen-bond acceptors (Lipinski definition) is 3. The van der Waals surface area contributed by atoms with Gasteiger partial charge >= 0.3 is 0 Å². The lowest BCUT2D eigenvalue weighted by molar-refractivity contribution is 0.296. The molecule has 0 spiro atoms. The molecule has 1 aliphatic rings. The molecule has 4 nitrogen and oxygen atoms in total. The largest absolute Gasteiger partial charge is 0.508 e. The molecular formula is C15H17ClN2O2. The van der Waals surface area contributed by atoms with Crippen molar-refractivity contribution in [3.63, 3.8) is 0 Å². The van der Waals surface area contributed by atoms with Crippen LogP contribution in [0, 0.1) is 5.92 Å². The van der Waals surface area contributed by atoms with Crippen LogP contribution >= 0.6 is 11.6 Å². The first-order valence-corrected chi connectivity index (χ1v) is 7.17. The van der Waals surface area contributed by atoms with E-state index in [-0.39, 0.29) is 5.75 Å². The van der Waals surface area contributed by atoms with Crippen molar-refractivity contribution >= 4 is 11.6 Å². The Balaban J connectivity index is 1.78. The number of aromatic nitrogens is 2. The lowest BCUT2D eigenvalue weighted by Crippen LogP contribution is -2.18. The maximum atomic E-state index is 9.42. The summed E-state index contributed by atoms with van der Waals surface area (Å²) in [5.74, 6) is 1.47. The second kappa shape index (κ2) is 5.37. The van der Waals surface area contributed by atoms with Crippen LogP contribution < -0.4 is 4.74 Å². The number of imidazole rings is 1. The number of phenolic OH excluding ortho intramolecular Hbond substituents is 1. The molecule has 1 atom stereocenters. The molecule has 0 bridgehead atoms. The molecule has 2 aromatic rings. The molecule has 1 aromatic heterocycles. The van der Waals surface area contributed by atoms with E-state index in [1.165, 1.54) is 5.69 Å². The molecule has 1 N–H and O–H groups in total. The Labute approximate surface area is 123 Å². The summed E-state index contributed by atoms with van der Waals surface area (Å²) in [6.45, 7) is 3.54. The molecule has 0 saturated heterocycles. The van der Waals surface area contributed by atoms with E-state index in [1.807, 2.05) is 6.07 Å². The molecule has 0 fully saturated rings. The summed E-state index contributed by atoms with van der Waals surface area (Å²) in [6.07, 6.45) is 2.12. The predicted molar refractivity (Wildman–Crippen MR) is 77.2 cm³/mol. The van der Waals surface area contributed by atoms with Gasteiger partial charge in [-0.3, -0.25) is 0 Å². The first-order valence-electron chi connectivity index (χ1n) is 6.79. The van der Waals surface area contributed by atoms with Crippen molar-refractivity contribution in [2.24, 2.45) is 5.92 Å². The van der Waals surface area contributed by atoms with Gasteiger partial charge in [0.15, 0.2) is 0 Å². The van der Waals surface area contributed by atoms with Crippen LogP contribution in [0.4, 0.5) is 0 Å². The third-order valence-corrected chi connectivity index (χ3v) is 3.98. The number of fused-ring (bicyclic) bond motifs is 1. The zero-order valence-electron chi connectivity index (χ0n) is 11.3. The Hall–Kier alpha value is -1.68. The summed E-state index contributed by atoms with van der Waals surface area (Å²) < 4.78 is 7.77. The maximum absolute atomic E-state index is 9.42. The highest BCUT2D eigenvalue weighted by molar-refractivity contribution is 6.28. The molecule has 20 heavy (non-hydrogen) atoms. The Kier molecular flexibility index (Phi) is 3.57. The lowest BCUT2D eigenvalue weighted by Gasteiger charge is -2.21. The molecule has 3 rings (SSSR count). The summed E-state index contributed by atoms with van der Waals surface area (Å²) in [5.41, 5.74) is 2.07. The fraction of sp³-hybridized carbons (Fsp3) is 0.400. The van der Waals surface area contributed by atoms with Crippen molar-refractivity contribution in [1.29, 1.82) is 0 Å². The zero-order valence-corrected chi connectivity index (χ0v) is 12.1. The molecule has 5 heteroatoms. The SMILES string of the molecule is CC1CCn2c(Cl)nc(COc3cccc(O)c3)c2C1. The third kappa shape index (κ3) is 2.61. The highest BCUT2D eigenvalue weighted by Gasteiger charge is 2.22. The first kappa shape index (κ1) is 13.3. The Morgan fingerprint density at radius 2 is 2.35 bits per heavy atom. The fourth-order valence-electron chi connectivity index (χ4n) is 2.58. The van der Waals surface area contributed by atoms with Crippen LogP contribution in [0.25, 0.3) is 0 Å². The van der Waals surface area contributed by atoms with Crippen molar-refractivity contribution in [2.45, 2.75) is 32.9 Å². The summed E-state index contributed by atoms with van der Waals surface area (Å²) >= 11 is 6.17. The topological polar surface area (TPSA) is 47.3 Å². The minimum absolute atomic E-state index is 0.195. The smallest absolute Gasteiger partial charge is 0.203 e. The Morgan fingerprint density at radius 1 is 1.50 bits per heavy atom. The quantitative estimate of drug-likeness (QED) is 0.943. The number of phenols is 1. The van der Waals surface area contributed by atoms with E-state index in [0.717, 1.165) is 25.1 Å². The van der Waals surface area contributed by atoms with Crippen LogP contribution in [-0.2, 0) is 19.6 Å². The molecule has 106 valence electrons. The van der Waals surface area contributed by atoms with Crippen LogP contribution in [0.2, 0.25) is 5.28 Å². The zero-order chi connectivity index (χ0) is 14.1. The summed E-state index contributed by atoms with van der Waals surface area (Å²) in [4.78, 5) is 4.41. The number of aromatic hydroxyl groups is 1. The van der Waals surface area contributed by atoms with Gasteiger partial charge in [0.05, 0.1) is 0 Å². The second-order valence-corrected chi connectivity index (χ2v) is 5.65. The van der Waals surface area contributed by atoms with Crippen LogP contribution in [0.3, 0.4) is 0 Å². The average Bonchev–Trinajstić information content (AvgIpc) is 2.73. The van der Waals surface area contributed by atoms with Crippen molar-refractivity contribution in [1.82, 2.24) is 9.55 Å². The van der Waals surface area contributed by atoms with Crippen LogP contribution in [-0.4, -0.2) is 14.7 Å². The molecule has 0 amide bonds. The predicted octanol–water partition coefficient (Wildman–Crippen LogP) is 3.40.